The number of unbranched alkanes of at least 4 members (excludes halogenated alkanes) is 40. The molecule has 1 amide bonds. The monoisotopic (exact) mass is 930 g/mol. The molecule has 0 aromatic heterocycles. The van der Waals surface area contributed by atoms with Gasteiger partial charge >= 0.3 is 5.97 Å². The summed E-state index contributed by atoms with van der Waals surface area (Å²) in [5.74, 6) is -0.0428. The molecule has 0 aliphatic carbocycles. The molecule has 0 rings (SSSR count). The van der Waals surface area contributed by atoms with E-state index >= 15 is 0 Å². The molecule has 0 aromatic rings. The molecule has 2 atom stereocenters. The Bertz CT molecular complexity index is 1030. The van der Waals surface area contributed by atoms with Crippen LogP contribution in [0.15, 0.2) is 24.3 Å². The van der Waals surface area contributed by atoms with Crippen molar-refractivity contribution in [2.75, 3.05) is 13.2 Å². The summed E-state index contributed by atoms with van der Waals surface area (Å²) in [7, 11) is 0. The van der Waals surface area contributed by atoms with Crippen LogP contribution in [0.2, 0.25) is 0 Å². The third kappa shape index (κ3) is 51.7. The molecule has 6 heteroatoms. The van der Waals surface area contributed by atoms with E-state index in [4.69, 9.17) is 4.74 Å². The lowest BCUT2D eigenvalue weighted by molar-refractivity contribution is -0.143. The minimum Gasteiger partial charge on any atom is -0.466 e. The number of amides is 1. The lowest BCUT2D eigenvalue weighted by Crippen LogP contribution is -2.45. The minimum atomic E-state index is -0.669. The molecule has 0 saturated carbocycles. The number of carbonyl (C=O) groups excluding carboxylic acids is 2. The van der Waals surface area contributed by atoms with Gasteiger partial charge in [-0.3, -0.25) is 9.59 Å². The summed E-state index contributed by atoms with van der Waals surface area (Å²) in [6, 6.07) is -0.547. The van der Waals surface area contributed by atoms with Crippen molar-refractivity contribution in [2.45, 2.75) is 334 Å². The third-order valence-electron chi connectivity index (χ3n) is 13.7. The Morgan fingerprint density at radius 2 is 0.712 bits per heavy atom. The summed E-state index contributed by atoms with van der Waals surface area (Å²) in [6.45, 7) is 4.93. The summed E-state index contributed by atoms with van der Waals surface area (Å²) in [5.41, 5.74) is 0. The first-order valence-corrected chi connectivity index (χ1v) is 29.6. The van der Waals surface area contributed by atoms with E-state index in [9.17, 15) is 19.8 Å². The number of hydrogen-bond donors (Lipinski definition) is 3. The van der Waals surface area contributed by atoms with Crippen LogP contribution in [0.4, 0.5) is 0 Å². The largest absolute Gasteiger partial charge is 0.466 e. The van der Waals surface area contributed by atoms with Crippen LogP contribution in [0.1, 0.15) is 322 Å². The minimum absolute atomic E-state index is 0.00170. The Balaban J connectivity index is 3.43. The molecule has 0 aromatic carbocycles. The van der Waals surface area contributed by atoms with E-state index in [0.29, 0.717) is 25.9 Å². The normalized spacial score (nSPS) is 12.7. The topological polar surface area (TPSA) is 95.9 Å². The number of aliphatic hydroxyl groups excluding tert-OH is 2. The first-order chi connectivity index (χ1) is 32.5. The first-order valence-electron chi connectivity index (χ1n) is 29.6. The highest BCUT2D eigenvalue weighted by Gasteiger charge is 2.20. The number of allylic oxidation sites excluding steroid dienone is 4. The fraction of sp³-hybridized carbons (Fsp3) is 0.900. The van der Waals surface area contributed by atoms with E-state index < -0.39 is 12.1 Å². The molecule has 0 bridgehead atoms. The molecule has 0 fully saturated rings. The molecule has 2 unspecified atom stereocenters. The Kier molecular flexibility index (Phi) is 54.5. The molecule has 0 spiro atoms. The lowest BCUT2D eigenvalue weighted by Gasteiger charge is -2.22. The van der Waals surface area contributed by atoms with Crippen LogP contribution >= 0.6 is 0 Å². The lowest BCUT2D eigenvalue weighted by atomic mass is 10.0. The number of hydrogen-bond acceptors (Lipinski definition) is 5. The first kappa shape index (κ1) is 64.3. The van der Waals surface area contributed by atoms with Gasteiger partial charge in [0.05, 0.1) is 25.4 Å². The molecule has 0 aliphatic heterocycles. The van der Waals surface area contributed by atoms with Crippen LogP contribution in [-0.4, -0.2) is 47.4 Å². The van der Waals surface area contributed by atoms with Crippen LogP contribution in [0.5, 0.6) is 0 Å². The molecule has 390 valence electrons. The number of ether oxygens (including phenoxy) is 1. The molecule has 3 N–H and O–H groups in total. The highest BCUT2D eigenvalue weighted by Crippen LogP contribution is 2.17. The van der Waals surface area contributed by atoms with Gasteiger partial charge in [-0.1, -0.05) is 256 Å². The van der Waals surface area contributed by atoms with Crippen LogP contribution in [0.3, 0.4) is 0 Å². The summed E-state index contributed by atoms with van der Waals surface area (Å²) in [6.07, 6.45) is 67.4. The zero-order valence-electron chi connectivity index (χ0n) is 44.4. The molecular formula is C60H115NO5. The van der Waals surface area contributed by atoms with Crippen molar-refractivity contribution < 1.29 is 24.5 Å². The maximum atomic E-state index is 12.5. The van der Waals surface area contributed by atoms with E-state index in [0.717, 1.165) is 44.9 Å². The van der Waals surface area contributed by atoms with Gasteiger partial charge in [-0.05, 0) is 77.0 Å². The quantitative estimate of drug-likeness (QED) is 0.0321. The van der Waals surface area contributed by atoms with Gasteiger partial charge in [0.1, 0.15) is 0 Å². The van der Waals surface area contributed by atoms with Gasteiger partial charge in [0, 0.05) is 12.8 Å². The van der Waals surface area contributed by atoms with E-state index in [1.165, 1.54) is 244 Å². The summed E-state index contributed by atoms with van der Waals surface area (Å²) in [5, 5.41) is 23.3. The average molecular weight is 931 g/mol. The SMILES string of the molecule is CCCCC/C=C\CCCCCCCC(=O)OCCCCCCCCCCCC/C=C\CCCCCCCCCC(=O)NC(CO)C(O)CCCCCCCCCCCCCCCCCC. The fourth-order valence-corrected chi connectivity index (χ4v) is 9.16. The predicted octanol–water partition coefficient (Wildman–Crippen LogP) is 18.2. The second kappa shape index (κ2) is 55.9. The van der Waals surface area contributed by atoms with Crippen LogP contribution in [0, 0.1) is 0 Å². The molecule has 66 heavy (non-hydrogen) atoms. The molecule has 0 radical (unpaired) electrons. The van der Waals surface area contributed by atoms with Crippen molar-refractivity contribution >= 4 is 11.9 Å². The molecule has 0 saturated heterocycles. The fourth-order valence-electron chi connectivity index (χ4n) is 9.16. The van der Waals surface area contributed by atoms with E-state index in [-0.39, 0.29) is 18.5 Å². The van der Waals surface area contributed by atoms with Crippen LogP contribution in [-0.2, 0) is 14.3 Å². The summed E-state index contributed by atoms with van der Waals surface area (Å²) in [4.78, 5) is 24.5. The van der Waals surface area contributed by atoms with Gasteiger partial charge in [0.25, 0.3) is 0 Å². The van der Waals surface area contributed by atoms with Crippen molar-refractivity contribution in [2.24, 2.45) is 0 Å². The van der Waals surface area contributed by atoms with E-state index in [1.54, 1.807) is 0 Å². The Morgan fingerprint density at radius 3 is 1.11 bits per heavy atom. The number of rotatable bonds is 55. The smallest absolute Gasteiger partial charge is 0.305 e. The van der Waals surface area contributed by atoms with Gasteiger partial charge in [-0.25, -0.2) is 0 Å². The van der Waals surface area contributed by atoms with Crippen molar-refractivity contribution in [3.05, 3.63) is 24.3 Å². The van der Waals surface area contributed by atoms with Crippen LogP contribution in [0.25, 0.3) is 0 Å². The Hall–Kier alpha value is -1.66. The number of aliphatic hydroxyl groups is 2. The maximum Gasteiger partial charge on any atom is 0.305 e. The third-order valence-corrected chi connectivity index (χ3v) is 13.7. The van der Waals surface area contributed by atoms with Crippen molar-refractivity contribution in [3.63, 3.8) is 0 Å². The number of carbonyl (C=O) groups is 2. The van der Waals surface area contributed by atoms with E-state index in [1.807, 2.05) is 0 Å². The second-order valence-electron chi connectivity index (χ2n) is 20.3. The number of nitrogens with one attached hydrogen (secondary N) is 1. The zero-order chi connectivity index (χ0) is 47.9. The standard InChI is InChI=1S/C60H115NO5/c1-3-5-7-9-11-13-15-17-18-26-29-32-36-40-44-48-52-58(63)57(56-62)61-59(64)53-49-45-41-37-33-30-27-24-22-20-19-21-23-25-28-31-35-39-43-47-51-55-66-60(65)54-50-46-42-38-34-16-14-12-10-8-6-4-2/h12,14,20,22,57-58,62-63H,3-11,13,15-19,21,23-56H2,1-2H3,(H,61,64)/b14-12-,22-20-. The summed E-state index contributed by atoms with van der Waals surface area (Å²) >= 11 is 0. The van der Waals surface area contributed by atoms with Gasteiger partial charge in [-0.15, -0.1) is 0 Å². The predicted molar refractivity (Wildman–Crippen MR) is 287 cm³/mol. The van der Waals surface area contributed by atoms with E-state index in [2.05, 4.69) is 43.5 Å². The van der Waals surface area contributed by atoms with Crippen molar-refractivity contribution in [1.82, 2.24) is 5.32 Å². The second-order valence-corrected chi connectivity index (χ2v) is 20.3. The Morgan fingerprint density at radius 1 is 0.409 bits per heavy atom. The summed E-state index contributed by atoms with van der Waals surface area (Å²) < 4.78 is 5.46. The Labute approximate surface area is 411 Å². The molecular weight excluding hydrogens is 815 g/mol. The maximum absolute atomic E-state index is 12.5. The average Bonchev–Trinajstić information content (AvgIpc) is 3.32. The van der Waals surface area contributed by atoms with Gasteiger partial charge in [-0.2, -0.15) is 0 Å². The van der Waals surface area contributed by atoms with Gasteiger partial charge < -0.3 is 20.3 Å². The van der Waals surface area contributed by atoms with Crippen molar-refractivity contribution in [3.8, 4) is 0 Å². The molecule has 0 aliphatic rings. The van der Waals surface area contributed by atoms with Gasteiger partial charge in [0.2, 0.25) is 5.91 Å². The van der Waals surface area contributed by atoms with Gasteiger partial charge in [0.15, 0.2) is 0 Å². The van der Waals surface area contributed by atoms with Crippen LogP contribution < -0.4 is 5.32 Å². The highest BCUT2D eigenvalue weighted by molar-refractivity contribution is 5.76. The number of esters is 1. The van der Waals surface area contributed by atoms with Crippen molar-refractivity contribution in [1.29, 1.82) is 0 Å². The highest BCUT2D eigenvalue weighted by atomic mass is 16.5. The molecule has 0 heterocycles. The molecule has 6 nitrogen and oxygen atoms in total. The zero-order valence-corrected chi connectivity index (χ0v) is 44.4.